The number of likely N-dealkylation sites (N-methyl/N-ethyl adjacent to an activating group) is 2. The number of benzene rings is 1. The molecule has 1 aromatic carbocycles. The summed E-state index contributed by atoms with van der Waals surface area (Å²) in [4.78, 5) is 29.7. The van der Waals surface area contributed by atoms with Crippen LogP contribution in [0.1, 0.15) is 38.8 Å². The van der Waals surface area contributed by atoms with Gasteiger partial charge in [-0.05, 0) is 25.8 Å². The van der Waals surface area contributed by atoms with E-state index in [4.69, 9.17) is 0 Å². The standard InChI is InChI=1S/C19H29N3O2/c1-5-22(19(24)14-20(4)16(3)23)18-11-12-21(13-18)15(2)17-9-7-6-8-10-17/h6-10,15,18H,5,11-14H2,1-4H3/t15-,18+/m1/s1. The van der Waals surface area contributed by atoms with E-state index in [0.29, 0.717) is 12.6 Å². The van der Waals surface area contributed by atoms with Crippen molar-refractivity contribution in [2.45, 2.75) is 39.3 Å². The lowest BCUT2D eigenvalue weighted by atomic mass is 10.1. The van der Waals surface area contributed by atoms with E-state index in [9.17, 15) is 9.59 Å². The molecular weight excluding hydrogens is 302 g/mol. The van der Waals surface area contributed by atoms with Crippen LogP contribution >= 0.6 is 0 Å². The predicted octanol–water partition coefficient (Wildman–Crippen LogP) is 2.15. The molecule has 1 aromatic rings. The summed E-state index contributed by atoms with van der Waals surface area (Å²) in [6.45, 7) is 8.44. The third kappa shape index (κ3) is 4.35. The normalized spacial score (nSPS) is 19.1. The summed E-state index contributed by atoms with van der Waals surface area (Å²) in [7, 11) is 1.67. The number of hydrogen-bond donors (Lipinski definition) is 0. The smallest absolute Gasteiger partial charge is 0.242 e. The Kier molecular flexibility index (Phi) is 6.37. The fourth-order valence-electron chi connectivity index (χ4n) is 3.36. The zero-order valence-corrected chi connectivity index (χ0v) is 15.2. The van der Waals surface area contributed by atoms with Crippen LogP contribution in [0.2, 0.25) is 0 Å². The highest BCUT2D eigenvalue weighted by Crippen LogP contribution is 2.26. The second-order valence-corrected chi connectivity index (χ2v) is 6.58. The molecule has 24 heavy (non-hydrogen) atoms. The van der Waals surface area contributed by atoms with Crippen molar-refractivity contribution in [1.29, 1.82) is 0 Å². The number of rotatable bonds is 6. The monoisotopic (exact) mass is 331 g/mol. The molecule has 0 aliphatic carbocycles. The molecule has 1 fully saturated rings. The van der Waals surface area contributed by atoms with Crippen LogP contribution in [0.25, 0.3) is 0 Å². The van der Waals surface area contributed by atoms with Crippen LogP contribution in [-0.2, 0) is 9.59 Å². The SMILES string of the molecule is CCN(C(=O)CN(C)C(C)=O)[C@H]1CCN([C@H](C)c2ccccc2)C1. The van der Waals surface area contributed by atoms with Gasteiger partial charge in [0.1, 0.15) is 0 Å². The maximum Gasteiger partial charge on any atom is 0.242 e. The van der Waals surface area contributed by atoms with Gasteiger partial charge in [0.2, 0.25) is 11.8 Å². The Morgan fingerprint density at radius 2 is 1.96 bits per heavy atom. The Hall–Kier alpha value is -1.88. The molecule has 2 atom stereocenters. The minimum Gasteiger partial charge on any atom is -0.337 e. The van der Waals surface area contributed by atoms with Gasteiger partial charge < -0.3 is 9.80 Å². The number of nitrogens with zero attached hydrogens (tertiary/aromatic N) is 3. The summed E-state index contributed by atoms with van der Waals surface area (Å²) < 4.78 is 0. The largest absolute Gasteiger partial charge is 0.337 e. The van der Waals surface area contributed by atoms with Gasteiger partial charge in [0.05, 0.1) is 6.54 Å². The fraction of sp³-hybridized carbons (Fsp3) is 0.579. The molecule has 0 spiro atoms. The van der Waals surface area contributed by atoms with E-state index in [2.05, 4.69) is 36.1 Å². The number of likely N-dealkylation sites (tertiary alicyclic amines) is 1. The summed E-state index contributed by atoms with van der Waals surface area (Å²) in [6.07, 6.45) is 0.987. The molecule has 0 saturated carbocycles. The van der Waals surface area contributed by atoms with Crippen LogP contribution in [0.15, 0.2) is 30.3 Å². The number of carbonyl (C=O) groups excluding carboxylic acids is 2. The van der Waals surface area contributed by atoms with E-state index in [1.807, 2.05) is 17.9 Å². The maximum absolute atomic E-state index is 12.5. The number of amides is 2. The van der Waals surface area contributed by atoms with Crippen LogP contribution in [0, 0.1) is 0 Å². The third-order valence-corrected chi connectivity index (χ3v) is 5.04. The Labute approximate surface area is 145 Å². The van der Waals surface area contributed by atoms with E-state index in [1.165, 1.54) is 17.4 Å². The fourth-order valence-corrected chi connectivity index (χ4v) is 3.36. The Balaban J connectivity index is 1.97. The molecule has 1 aliphatic heterocycles. The Morgan fingerprint density at radius 3 is 2.54 bits per heavy atom. The lowest BCUT2D eigenvalue weighted by Crippen LogP contribution is -2.46. The molecule has 0 bridgehead atoms. The first-order valence-electron chi connectivity index (χ1n) is 8.74. The highest BCUT2D eigenvalue weighted by Gasteiger charge is 2.32. The minimum absolute atomic E-state index is 0.0365. The van der Waals surface area contributed by atoms with Crippen molar-refractivity contribution in [2.75, 3.05) is 33.2 Å². The molecule has 1 saturated heterocycles. The molecule has 2 amide bonds. The van der Waals surface area contributed by atoms with Crippen molar-refractivity contribution >= 4 is 11.8 Å². The predicted molar refractivity (Wildman–Crippen MR) is 95.5 cm³/mol. The van der Waals surface area contributed by atoms with Gasteiger partial charge >= 0.3 is 0 Å². The Morgan fingerprint density at radius 1 is 1.29 bits per heavy atom. The van der Waals surface area contributed by atoms with Gasteiger partial charge in [-0.25, -0.2) is 0 Å². The van der Waals surface area contributed by atoms with Crippen molar-refractivity contribution in [3.8, 4) is 0 Å². The molecule has 1 aliphatic rings. The summed E-state index contributed by atoms with van der Waals surface area (Å²) in [6, 6.07) is 11.1. The van der Waals surface area contributed by atoms with E-state index in [-0.39, 0.29) is 24.4 Å². The van der Waals surface area contributed by atoms with Crippen LogP contribution in [-0.4, -0.2) is 65.8 Å². The van der Waals surface area contributed by atoms with Crippen molar-refractivity contribution in [2.24, 2.45) is 0 Å². The molecule has 1 heterocycles. The van der Waals surface area contributed by atoms with Gasteiger partial charge in [-0.1, -0.05) is 30.3 Å². The van der Waals surface area contributed by atoms with Gasteiger partial charge in [0, 0.05) is 45.7 Å². The first-order valence-corrected chi connectivity index (χ1v) is 8.74. The van der Waals surface area contributed by atoms with Crippen molar-refractivity contribution in [1.82, 2.24) is 14.7 Å². The maximum atomic E-state index is 12.5. The van der Waals surface area contributed by atoms with Gasteiger partial charge in [0.15, 0.2) is 0 Å². The van der Waals surface area contributed by atoms with Crippen molar-refractivity contribution in [3.63, 3.8) is 0 Å². The van der Waals surface area contributed by atoms with Gasteiger partial charge in [0.25, 0.3) is 0 Å². The van der Waals surface area contributed by atoms with Gasteiger partial charge in [-0.15, -0.1) is 0 Å². The summed E-state index contributed by atoms with van der Waals surface area (Å²) >= 11 is 0. The van der Waals surface area contributed by atoms with Crippen LogP contribution < -0.4 is 0 Å². The van der Waals surface area contributed by atoms with E-state index in [1.54, 1.807) is 7.05 Å². The molecule has 0 aromatic heterocycles. The summed E-state index contributed by atoms with van der Waals surface area (Å²) in [5.74, 6) is -0.0421. The Bertz CT molecular complexity index is 561. The molecule has 5 nitrogen and oxygen atoms in total. The van der Waals surface area contributed by atoms with Crippen molar-refractivity contribution in [3.05, 3.63) is 35.9 Å². The van der Waals surface area contributed by atoms with E-state index >= 15 is 0 Å². The quantitative estimate of drug-likeness (QED) is 0.802. The minimum atomic E-state index is -0.0786. The van der Waals surface area contributed by atoms with Crippen LogP contribution in [0.4, 0.5) is 0 Å². The van der Waals surface area contributed by atoms with Crippen LogP contribution in [0.3, 0.4) is 0 Å². The second-order valence-electron chi connectivity index (χ2n) is 6.58. The summed E-state index contributed by atoms with van der Waals surface area (Å²) in [5.41, 5.74) is 1.31. The van der Waals surface area contributed by atoms with Gasteiger partial charge in [-0.2, -0.15) is 0 Å². The topological polar surface area (TPSA) is 43.9 Å². The molecule has 2 rings (SSSR count). The molecular formula is C19H29N3O2. The molecule has 132 valence electrons. The highest BCUT2D eigenvalue weighted by atomic mass is 16.2. The second kappa shape index (κ2) is 8.29. The van der Waals surface area contributed by atoms with E-state index in [0.717, 1.165) is 19.5 Å². The molecule has 0 radical (unpaired) electrons. The van der Waals surface area contributed by atoms with Crippen molar-refractivity contribution < 1.29 is 9.59 Å². The zero-order chi connectivity index (χ0) is 17.7. The third-order valence-electron chi connectivity index (χ3n) is 5.04. The first-order chi connectivity index (χ1) is 11.4. The average Bonchev–Trinajstić information content (AvgIpc) is 3.05. The number of hydrogen-bond acceptors (Lipinski definition) is 3. The number of carbonyl (C=O) groups is 2. The highest BCUT2D eigenvalue weighted by molar-refractivity contribution is 5.83. The summed E-state index contributed by atoms with van der Waals surface area (Å²) in [5, 5.41) is 0. The van der Waals surface area contributed by atoms with Gasteiger partial charge in [-0.3, -0.25) is 14.5 Å². The van der Waals surface area contributed by atoms with E-state index < -0.39 is 0 Å². The van der Waals surface area contributed by atoms with Crippen LogP contribution in [0.5, 0.6) is 0 Å². The lowest BCUT2D eigenvalue weighted by molar-refractivity contribution is -0.139. The molecule has 5 heteroatoms. The lowest BCUT2D eigenvalue weighted by Gasteiger charge is -2.31. The first kappa shape index (κ1) is 18.5. The zero-order valence-electron chi connectivity index (χ0n) is 15.2. The molecule has 0 N–H and O–H groups in total. The average molecular weight is 331 g/mol. The molecule has 0 unspecified atom stereocenters.